The summed E-state index contributed by atoms with van der Waals surface area (Å²) in [6.45, 7) is 1.14. The monoisotopic (exact) mass is 338 g/mol. The molecule has 0 fully saturated rings. The van der Waals surface area contributed by atoms with Crippen LogP contribution in [0.5, 0.6) is 5.75 Å². The number of halogens is 1. The molecule has 0 saturated heterocycles. The van der Waals surface area contributed by atoms with Gasteiger partial charge < -0.3 is 10.2 Å². The Kier molecular flexibility index (Phi) is 5.72. The molecule has 0 aliphatic rings. The maximum absolute atomic E-state index is 6.01. The minimum Gasteiger partial charge on any atom is -0.489 e. The van der Waals surface area contributed by atoms with Gasteiger partial charge in [0, 0.05) is 22.8 Å². The highest BCUT2D eigenvalue weighted by molar-refractivity contribution is 6.30. The number of benzene rings is 3. The first-order chi connectivity index (χ1) is 11.8. The summed E-state index contributed by atoms with van der Waals surface area (Å²) in [5, 5.41) is 0.720. The third-order valence-electron chi connectivity index (χ3n) is 3.54. The van der Waals surface area contributed by atoms with Crippen LogP contribution in [0, 0.1) is 0 Å². The van der Waals surface area contributed by atoms with Crippen LogP contribution in [0.2, 0.25) is 5.02 Å². The Hall–Kier alpha value is -2.49. The molecule has 3 aromatic carbocycles. The van der Waals surface area contributed by atoms with Gasteiger partial charge in [-0.1, -0.05) is 60.1 Å². The molecular formula is C20H19ClN2O. The fourth-order valence-electron chi connectivity index (χ4n) is 2.34. The lowest BCUT2D eigenvalue weighted by Crippen LogP contribution is -2.21. The first-order valence-electron chi connectivity index (χ1n) is 7.80. The number of hydrogen-bond acceptors (Lipinski definition) is 3. The van der Waals surface area contributed by atoms with Gasteiger partial charge in [0.1, 0.15) is 12.4 Å². The van der Waals surface area contributed by atoms with Gasteiger partial charge in [0.2, 0.25) is 0 Å². The number of rotatable bonds is 7. The average Bonchev–Trinajstić information content (AvgIpc) is 2.62. The maximum Gasteiger partial charge on any atom is 0.124 e. The molecule has 0 spiro atoms. The highest BCUT2D eigenvalue weighted by atomic mass is 35.5. The molecule has 2 N–H and O–H groups in total. The van der Waals surface area contributed by atoms with Crippen LogP contribution >= 0.6 is 11.6 Å². The largest absolute Gasteiger partial charge is 0.489 e. The highest BCUT2D eigenvalue weighted by Gasteiger charge is 2.03. The van der Waals surface area contributed by atoms with Crippen molar-refractivity contribution in [1.82, 2.24) is 5.43 Å². The quantitative estimate of drug-likeness (QED) is 0.592. The van der Waals surface area contributed by atoms with Gasteiger partial charge in [-0.3, -0.25) is 0 Å². The molecule has 0 heterocycles. The smallest absolute Gasteiger partial charge is 0.124 e. The summed E-state index contributed by atoms with van der Waals surface area (Å²) in [6, 6.07) is 25.7. The molecular weight excluding hydrogens is 320 g/mol. The van der Waals surface area contributed by atoms with E-state index in [1.807, 2.05) is 78.9 Å². The minimum absolute atomic E-state index is 0.490. The molecule has 0 aliphatic heterocycles. The summed E-state index contributed by atoms with van der Waals surface area (Å²) in [7, 11) is 0. The van der Waals surface area contributed by atoms with E-state index in [1.54, 1.807) is 0 Å². The van der Waals surface area contributed by atoms with Gasteiger partial charge in [0.05, 0.1) is 0 Å². The fourth-order valence-corrected chi connectivity index (χ4v) is 2.55. The van der Waals surface area contributed by atoms with Crippen molar-refractivity contribution in [2.24, 2.45) is 0 Å². The van der Waals surface area contributed by atoms with Gasteiger partial charge in [-0.2, -0.15) is 0 Å². The summed E-state index contributed by atoms with van der Waals surface area (Å²) in [4.78, 5) is 0. The van der Waals surface area contributed by atoms with E-state index in [2.05, 4.69) is 10.9 Å². The van der Waals surface area contributed by atoms with E-state index in [0.29, 0.717) is 13.2 Å². The Bertz CT molecular complexity index is 777. The van der Waals surface area contributed by atoms with Crippen molar-refractivity contribution in [2.75, 3.05) is 5.43 Å². The molecule has 0 unspecified atom stereocenters. The Morgan fingerprint density at radius 3 is 2.46 bits per heavy atom. The lowest BCUT2D eigenvalue weighted by atomic mass is 10.2. The number of anilines is 1. The predicted octanol–water partition coefficient (Wildman–Crippen LogP) is 5.04. The molecule has 0 amide bonds. The molecule has 0 radical (unpaired) electrons. The predicted molar refractivity (Wildman–Crippen MR) is 99.1 cm³/mol. The van der Waals surface area contributed by atoms with E-state index < -0.39 is 0 Å². The van der Waals surface area contributed by atoms with Gasteiger partial charge in [-0.15, -0.1) is 0 Å². The first-order valence-corrected chi connectivity index (χ1v) is 8.18. The van der Waals surface area contributed by atoms with Crippen molar-refractivity contribution < 1.29 is 4.74 Å². The van der Waals surface area contributed by atoms with Crippen LogP contribution < -0.4 is 15.6 Å². The van der Waals surface area contributed by atoms with Crippen LogP contribution in [-0.4, -0.2) is 0 Å². The van der Waals surface area contributed by atoms with Crippen LogP contribution in [0.1, 0.15) is 11.1 Å². The van der Waals surface area contributed by atoms with E-state index in [0.717, 1.165) is 27.6 Å². The summed E-state index contributed by atoms with van der Waals surface area (Å²) in [6.07, 6.45) is 0. The molecule has 3 nitrogen and oxygen atoms in total. The van der Waals surface area contributed by atoms with Crippen LogP contribution in [0.3, 0.4) is 0 Å². The zero-order chi connectivity index (χ0) is 16.6. The molecule has 0 aliphatic carbocycles. The second kappa shape index (κ2) is 8.39. The Balaban J connectivity index is 1.58. The standard InChI is InChI=1S/C20H19ClN2O/c21-18-9-6-7-16(13-18)15-24-20-12-5-4-8-17(20)14-22-23-19-10-2-1-3-11-19/h1-13,22-23H,14-15H2. The highest BCUT2D eigenvalue weighted by Crippen LogP contribution is 2.20. The zero-order valence-corrected chi connectivity index (χ0v) is 14.0. The Morgan fingerprint density at radius 2 is 1.62 bits per heavy atom. The summed E-state index contributed by atoms with van der Waals surface area (Å²) < 4.78 is 5.95. The number of hydrogen-bond donors (Lipinski definition) is 2. The number of hydrazine groups is 1. The number of ether oxygens (including phenoxy) is 1. The van der Waals surface area contributed by atoms with Crippen molar-refractivity contribution in [2.45, 2.75) is 13.2 Å². The topological polar surface area (TPSA) is 33.3 Å². The third kappa shape index (κ3) is 4.75. The summed E-state index contributed by atoms with van der Waals surface area (Å²) >= 11 is 6.01. The average molecular weight is 339 g/mol. The Labute approximate surface area is 147 Å². The van der Waals surface area contributed by atoms with Crippen LogP contribution in [0.15, 0.2) is 78.9 Å². The molecule has 3 rings (SSSR count). The first kappa shape index (κ1) is 16.4. The van der Waals surface area contributed by atoms with Gasteiger partial charge in [0.15, 0.2) is 0 Å². The molecule has 122 valence electrons. The van der Waals surface area contributed by atoms with Crippen LogP contribution in [-0.2, 0) is 13.2 Å². The molecule has 0 aromatic heterocycles. The summed E-state index contributed by atoms with van der Waals surface area (Å²) in [5.41, 5.74) is 9.55. The second-order valence-corrected chi connectivity index (χ2v) is 5.81. The molecule has 0 atom stereocenters. The molecule has 3 aromatic rings. The van der Waals surface area contributed by atoms with Crippen molar-refractivity contribution >= 4 is 17.3 Å². The molecule has 0 bridgehead atoms. The number of para-hydroxylation sites is 2. The van der Waals surface area contributed by atoms with E-state index in [9.17, 15) is 0 Å². The van der Waals surface area contributed by atoms with Crippen molar-refractivity contribution in [1.29, 1.82) is 0 Å². The van der Waals surface area contributed by atoms with Gasteiger partial charge >= 0.3 is 0 Å². The van der Waals surface area contributed by atoms with Crippen LogP contribution in [0.25, 0.3) is 0 Å². The molecule has 24 heavy (non-hydrogen) atoms. The minimum atomic E-state index is 0.490. The van der Waals surface area contributed by atoms with Crippen molar-refractivity contribution in [3.8, 4) is 5.75 Å². The maximum atomic E-state index is 6.01. The molecule has 4 heteroatoms. The van der Waals surface area contributed by atoms with Gasteiger partial charge in [-0.05, 0) is 35.9 Å². The van der Waals surface area contributed by atoms with E-state index >= 15 is 0 Å². The van der Waals surface area contributed by atoms with Crippen LogP contribution in [0.4, 0.5) is 5.69 Å². The zero-order valence-electron chi connectivity index (χ0n) is 13.2. The normalized spacial score (nSPS) is 10.4. The second-order valence-electron chi connectivity index (χ2n) is 5.37. The fraction of sp³-hybridized carbons (Fsp3) is 0.100. The van der Waals surface area contributed by atoms with E-state index in [4.69, 9.17) is 16.3 Å². The number of nitrogens with one attached hydrogen (secondary N) is 2. The lowest BCUT2D eigenvalue weighted by Gasteiger charge is -2.13. The SMILES string of the molecule is Clc1cccc(COc2ccccc2CNNc2ccccc2)c1. The van der Waals surface area contributed by atoms with Crippen molar-refractivity contribution in [3.63, 3.8) is 0 Å². The van der Waals surface area contributed by atoms with Gasteiger partial charge in [0.25, 0.3) is 0 Å². The molecule has 0 saturated carbocycles. The lowest BCUT2D eigenvalue weighted by molar-refractivity contribution is 0.302. The summed E-state index contributed by atoms with van der Waals surface area (Å²) in [5.74, 6) is 0.861. The van der Waals surface area contributed by atoms with Crippen molar-refractivity contribution in [3.05, 3.63) is 95.0 Å². The van der Waals surface area contributed by atoms with Gasteiger partial charge in [-0.25, -0.2) is 5.43 Å². The van der Waals surface area contributed by atoms with E-state index in [-0.39, 0.29) is 0 Å². The third-order valence-corrected chi connectivity index (χ3v) is 3.78. The Morgan fingerprint density at radius 1 is 0.833 bits per heavy atom. The van der Waals surface area contributed by atoms with E-state index in [1.165, 1.54) is 0 Å².